The van der Waals surface area contributed by atoms with Gasteiger partial charge in [-0.3, -0.25) is 9.59 Å². The molecular weight excluding hydrogens is 442 g/mol. The lowest BCUT2D eigenvalue weighted by Gasteiger charge is -2.37. The lowest BCUT2D eigenvalue weighted by atomic mass is 10.2. The van der Waals surface area contributed by atoms with Gasteiger partial charge in [0.15, 0.2) is 11.5 Å². The van der Waals surface area contributed by atoms with Crippen molar-refractivity contribution in [3.05, 3.63) is 18.2 Å². The Balaban J connectivity index is 1.26. The predicted molar refractivity (Wildman–Crippen MR) is 114 cm³/mol. The van der Waals surface area contributed by atoms with Crippen molar-refractivity contribution in [1.82, 2.24) is 14.1 Å². The van der Waals surface area contributed by atoms with Crippen molar-refractivity contribution in [3.63, 3.8) is 0 Å². The summed E-state index contributed by atoms with van der Waals surface area (Å²) in [7, 11) is -3.71. The second kappa shape index (κ2) is 7.56. The van der Waals surface area contributed by atoms with Crippen molar-refractivity contribution in [3.8, 4) is 11.5 Å². The minimum Gasteiger partial charge on any atom is -0.486 e. The van der Waals surface area contributed by atoms with Crippen LogP contribution in [-0.4, -0.2) is 90.4 Å². The van der Waals surface area contributed by atoms with Gasteiger partial charge in [0.1, 0.15) is 19.3 Å². The lowest BCUT2D eigenvalue weighted by molar-refractivity contribution is -0.144. The largest absolute Gasteiger partial charge is 0.486 e. The molecular formula is C20H25N3O6S2. The SMILES string of the molecule is C[C@@]12CCC(=O)N1[C@H](C(=O)N1CCN(S(=O)(=O)c3ccc4c(c3)OCCO4)CC1)CS2. The molecule has 4 aliphatic rings. The molecule has 31 heavy (non-hydrogen) atoms. The highest BCUT2D eigenvalue weighted by Crippen LogP contribution is 2.47. The Kier molecular flexibility index (Phi) is 5.10. The molecule has 1 aromatic rings. The summed E-state index contributed by atoms with van der Waals surface area (Å²) in [5.41, 5.74) is 0. The van der Waals surface area contributed by atoms with Crippen molar-refractivity contribution >= 4 is 33.6 Å². The maximum atomic E-state index is 13.1. The highest BCUT2D eigenvalue weighted by molar-refractivity contribution is 8.01. The average Bonchev–Trinajstić information content (AvgIpc) is 3.28. The second-order valence-electron chi connectivity index (χ2n) is 8.30. The van der Waals surface area contributed by atoms with E-state index in [9.17, 15) is 18.0 Å². The molecule has 2 amide bonds. The van der Waals surface area contributed by atoms with Gasteiger partial charge in [0.2, 0.25) is 21.8 Å². The first-order chi connectivity index (χ1) is 14.8. The zero-order valence-electron chi connectivity index (χ0n) is 17.3. The Hall–Kier alpha value is -1.98. The van der Waals surface area contributed by atoms with E-state index in [2.05, 4.69) is 0 Å². The third kappa shape index (κ3) is 3.46. The maximum absolute atomic E-state index is 13.1. The fraction of sp³-hybridized carbons (Fsp3) is 0.600. The first kappa shape index (κ1) is 20.9. The molecule has 3 fully saturated rings. The van der Waals surface area contributed by atoms with Gasteiger partial charge < -0.3 is 19.3 Å². The van der Waals surface area contributed by atoms with Gasteiger partial charge in [-0.25, -0.2) is 8.42 Å². The summed E-state index contributed by atoms with van der Waals surface area (Å²) in [6.45, 7) is 3.89. The molecule has 0 saturated carbocycles. The molecule has 9 nitrogen and oxygen atoms in total. The maximum Gasteiger partial charge on any atom is 0.246 e. The number of rotatable bonds is 3. The molecule has 4 heterocycles. The Morgan fingerprint density at radius 2 is 1.84 bits per heavy atom. The molecule has 0 spiro atoms. The molecule has 0 N–H and O–H groups in total. The van der Waals surface area contributed by atoms with E-state index in [1.165, 1.54) is 16.4 Å². The summed E-state index contributed by atoms with van der Waals surface area (Å²) in [6.07, 6.45) is 1.25. The third-order valence-corrected chi connectivity index (χ3v) is 9.83. The number of hydrogen-bond acceptors (Lipinski definition) is 7. The fourth-order valence-corrected chi connectivity index (χ4v) is 7.56. The minimum atomic E-state index is -3.71. The van der Waals surface area contributed by atoms with Crippen molar-refractivity contribution in [2.24, 2.45) is 0 Å². The van der Waals surface area contributed by atoms with Gasteiger partial charge in [0.25, 0.3) is 0 Å². The smallest absolute Gasteiger partial charge is 0.246 e. The van der Waals surface area contributed by atoms with E-state index in [-0.39, 0.29) is 34.7 Å². The molecule has 2 atom stereocenters. The number of hydrogen-bond donors (Lipinski definition) is 0. The van der Waals surface area contributed by atoms with E-state index in [1.807, 2.05) is 6.92 Å². The molecule has 11 heteroatoms. The number of thioether (sulfide) groups is 1. The molecule has 0 unspecified atom stereocenters. The monoisotopic (exact) mass is 467 g/mol. The zero-order valence-corrected chi connectivity index (χ0v) is 18.9. The van der Waals surface area contributed by atoms with Crippen LogP contribution in [0.3, 0.4) is 0 Å². The van der Waals surface area contributed by atoms with Crippen LogP contribution in [0, 0.1) is 0 Å². The van der Waals surface area contributed by atoms with Crippen LogP contribution in [-0.2, 0) is 19.6 Å². The molecule has 0 bridgehead atoms. The Morgan fingerprint density at radius 3 is 2.58 bits per heavy atom. The number of piperazine rings is 1. The van der Waals surface area contributed by atoms with Crippen LogP contribution in [0.4, 0.5) is 0 Å². The van der Waals surface area contributed by atoms with Crippen LogP contribution in [0.1, 0.15) is 19.8 Å². The van der Waals surface area contributed by atoms with Crippen LogP contribution in [0.2, 0.25) is 0 Å². The third-order valence-electron chi connectivity index (χ3n) is 6.43. The summed E-state index contributed by atoms with van der Waals surface area (Å²) in [4.78, 5) is 28.8. The Bertz CT molecular complexity index is 1020. The van der Waals surface area contributed by atoms with Gasteiger partial charge in [-0.15, -0.1) is 11.8 Å². The summed E-state index contributed by atoms with van der Waals surface area (Å²) in [6, 6.07) is 4.18. The molecule has 1 aromatic carbocycles. The van der Waals surface area contributed by atoms with Crippen molar-refractivity contribution in [2.45, 2.75) is 35.6 Å². The zero-order chi connectivity index (χ0) is 21.8. The second-order valence-corrected chi connectivity index (χ2v) is 11.7. The van der Waals surface area contributed by atoms with Gasteiger partial charge in [0, 0.05) is 44.4 Å². The number of carbonyl (C=O) groups is 2. The molecule has 168 valence electrons. The minimum absolute atomic E-state index is 0.0330. The molecule has 0 radical (unpaired) electrons. The predicted octanol–water partition coefficient (Wildman–Crippen LogP) is 0.745. The number of amides is 2. The number of nitrogens with zero attached hydrogens (tertiary/aromatic N) is 3. The Morgan fingerprint density at radius 1 is 1.13 bits per heavy atom. The summed E-state index contributed by atoms with van der Waals surface area (Å²) in [5, 5.41) is 0. The fourth-order valence-electron chi connectivity index (χ4n) is 4.70. The average molecular weight is 468 g/mol. The number of ether oxygens (including phenoxy) is 2. The molecule has 0 aromatic heterocycles. The Labute approximate surface area is 185 Å². The quantitative estimate of drug-likeness (QED) is 0.647. The first-order valence-corrected chi connectivity index (χ1v) is 12.9. The van der Waals surface area contributed by atoms with Crippen LogP contribution >= 0.6 is 11.8 Å². The van der Waals surface area contributed by atoms with Gasteiger partial charge >= 0.3 is 0 Å². The van der Waals surface area contributed by atoms with Crippen molar-refractivity contribution in [2.75, 3.05) is 45.1 Å². The van der Waals surface area contributed by atoms with Crippen molar-refractivity contribution < 1.29 is 27.5 Å². The van der Waals surface area contributed by atoms with Crippen molar-refractivity contribution in [1.29, 1.82) is 0 Å². The first-order valence-electron chi connectivity index (χ1n) is 10.4. The number of fused-ring (bicyclic) bond motifs is 2. The molecule has 4 aliphatic heterocycles. The topological polar surface area (TPSA) is 96.5 Å². The summed E-state index contributed by atoms with van der Waals surface area (Å²) in [5.74, 6) is 1.52. The van der Waals surface area contributed by atoms with Gasteiger partial charge in [-0.05, 0) is 25.5 Å². The van der Waals surface area contributed by atoms with E-state index in [1.54, 1.807) is 27.6 Å². The normalized spacial score (nSPS) is 28.7. The van der Waals surface area contributed by atoms with Crippen LogP contribution in [0.15, 0.2) is 23.1 Å². The summed E-state index contributed by atoms with van der Waals surface area (Å²) < 4.78 is 38.6. The number of sulfonamides is 1. The van der Waals surface area contributed by atoms with Gasteiger partial charge in [-0.1, -0.05) is 0 Å². The highest BCUT2D eigenvalue weighted by Gasteiger charge is 2.53. The van der Waals surface area contributed by atoms with Crippen LogP contribution < -0.4 is 9.47 Å². The van der Waals surface area contributed by atoms with Gasteiger partial charge in [-0.2, -0.15) is 4.31 Å². The number of carbonyl (C=O) groups excluding carboxylic acids is 2. The van der Waals surface area contributed by atoms with E-state index in [4.69, 9.17) is 9.47 Å². The number of benzene rings is 1. The van der Waals surface area contributed by atoms with E-state index < -0.39 is 16.1 Å². The van der Waals surface area contributed by atoms with E-state index in [0.717, 1.165) is 6.42 Å². The van der Waals surface area contributed by atoms with E-state index in [0.29, 0.717) is 50.0 Å². The summed E-state index contributed by atoms with van der Waals surface area (Å²) >= 11 is 1.66. The highest BCUT2D eigenvalue weighted by atomic mass is 32.2. The van der Waals surface area contributed by atoms with Crippen LogP contribution in [0.5, 0.6) is 11.5 Å². The molecule has 3 saturated heterocycles. The molecule has 5 rings (SSSR count). The van der Waals surface area contributed by atoms with Gasteiger partial charge in [0.05, 0.1) is 9.77 Å². The lowest BCUT2D eigenvalue weighted by Crippen LogP contribution is -2.56. The standard InChI is InChI=1S/C20H25N3O6S2/c1-20-5-4-18(24)23(20)15(13-30-20)19(25)21-6-8-22(9-7-21)31(26,27)14-2-3-16-17(12-14)29-11-10-28-16/h2-3,12,15H,4-11,13H2,1H3/t15-,20+/m0/s1. The van der Waals surface area contributed by atoms with E-state index >= 15 is 0 Å². The van der Waals surface area contributed by atoms with Crippen LogP contribution in [0.25, 0.3) is 0 Å². The molecule has 0 aliphatic carbocycles.